The summed E-state index contributed by atoms with van der Waals surface area (Å²) >= 11 is 0. The normalized spacial score (nSPS) is 16.0. The van der Waals surface area contributed by atoms with Crippen LogP contribution in [0.3, 0.4) is 0 Å². The van der Waals surface area contributed by atoms with Crippen molar-refractivity contribution < 1.29 is 4.74 Å². The Morgan fingerprint density at radius 3 is 2.53 bits per heavy atom. The van der Waals surface area contributed by atoms with E-state index in [1.807, 2.05) is 24.3 Å². The van der Waals surface area contributed by atoms with Crippen LogP contribution in [0.5, 0.6) is 5.75 Å². The van der Waals surface area contributed by atoms with Crippen molar-refractivity contribution in [2.45, 2.75) is 19.4 Å². The molecule has 0 N–H and O–H groups in total. The van der Waals surface area contributed by atoms with Crippen LogP contribution in [-0.2, 0) is 6.54 Å². The van der Waals surface area contributed by atoms with E-state index < -0.39 is 0 Å². The van der Waals surface area contributed by atoms with E-state index >= 15 is 0 Å². The molecule has 0 unspecified atom stereocenters. The maximum absolute atomic E-state index is 10.1. The third kappa shape index (κ3) is 3.82. The van der Waals surface area contributed by atoms with E-state index in [0.717, 1.165) is 24.5 Å². The van der Waals surface area contributed by atoms with Gasteiger partial charge in [-0.05, 0) is 43.6 Å². The van der Waals surface area contributed by atoms with Gasteiger partial charge in [0.15, 0.2) is 0 Å². The predicted octanol–water partition coefficient (Wildman–Crippen LogP) is 2.43. The topological polar surface area (TPSA) is 41.9 Å². The van der Waals surface area contributed by atoms with Crippen molar-refractivity contribution in [3.05, 3.63) is 34.7 Å². The lowest BCUT2D eigenvalue weighted by atomic mass is 10.2. The molecule has 2 rings (SSSR count). The van der Waals surface area contributed by atoms with Gasteiger partial charge in [0.1, 0.15) is 18.9 Å². The molecule has 1 aliphatic rings. The number of ether oxygens (including phenoxy) is 1. The largest absolute Gasteiger partial charge is 0.492 e. The summed E-state index contributed by atoms with van der Waals surface area (Å²) in [5.74, 6) is 0.860. The molecule has 1 aromatic rings. The number of hydrogen-bond acceptors (Lipinski definition) is 4. The molecule has 0 amide bonds. The summed E-state index contributed by atoms with van der Waals surface area (Å²) in [5.41, 5.74) is 0.923. The summed E-state index contributed by atoms with van der Waals surface area (Å²) < 4.78 is 5.65. The molecule has 92 valence electrons. The van der Waals surface area contributed by atoms with Gasteiger partial charge in [-0.3, -0.25) is 4.90 Å². The van der Waals surface area contributed by atoms with Gasteiger partial charge in [0.2, 0.25) is 0 Å². The zero-order chi connectivity index (χ0) is 11.9. The third-order valence-electron chi connectivity index (χ3n) is 3.05. The number of hydrogen-bond donors (Lipinski definition) is 0. The Kier molecular flexibility index (Phi) is 4.50. The summed E-state index contributed by atoms with van der Waals surface area (Å²) in [6, 6.07) is 7.55. The lowest BCUT2D eigenvalue weighted by molar-refractivity contribution is 0.238. The summed E-state index contributed by atoms with van der Waals surface area (Å²) in [4.78, 5) is 12.5. The van der Waals surface area contributed by atoms with Gasteiger partial charge in [0.05, 0.1) is 0 Å². The fourth-order valence-corrected chi connectivity index (χ4v) is 2.06. The van der Waals surface area contributed by atoms with Crippen molar-refractivity contribution in [3.63, 3.8) is 0 Å². The molecule has 0 aromatic heterocycles. The minimum Gasteiger partial charge on any atom is -0.492 e. The molecule has 0 spiro atoms. The van der Waals surface area contributed by atoms with Gasteiger partial charge in [0, 0.05) is 6.54 Å². The maximum atomic E-state index is 10.1. The summed E-state index contributed by atoms with van der Waals surface area (Å²) in [7, 11) is 0. The molecule has 4 heteroatoms. The zero-order valence-electron chi connectivity index (χ0n) is 9.97. The molecular formula is C13H18N2O2. The molecule has 17 heavy (non-hydrogen) atoms. The monoisotopic (exact) mass is 234 g/mol. The Hall–Kier alpha value is -1.42. The molecule has 0 radical (unpaired) electrons. The van der Waals surface area contributed by atoms with Gasteiger partial charge in [-0.2, -0.15) is 4.91 Å². The van der Waals surface area contributed by atoms with E-state index in [4.69, 9.17) is 4.74 Å². The minimum atomic E-state index is 0.230. The van der Waals surface area contributed by atoms with Crippen LogP contribution in [0.2, 0.25) is 0 Å². The van der Waals surface area contributed by atoms with E-state index in [1.165, 1.54) is 25.9 Å². The quantitative estimate of drug-likeness (QED) is 0.710. The SMILES string of the molecule is O=NCc1ccc(OCCN2CCCC2)cc1. The summed E-state index contributed by atoms with van der Waals surface area (Å²) in [6.07, 6.45) is 2.63. The van der Waals surface area contributed by atoms with E-state index in [0.29, 0.717) is 0 Å². The Morgan fingerprint density at radius 1 is 1.18 bits per heavy atom. The van der Waals surface area contributed by atoms with Crippen LogP contribution in [-0.4, -0.2) is 31.1 Å². The van der Waals surface area contributed by atoms with Crippen molar-refractivity contribution in [1.82, 2.24) is 4.90 Å². The minimum absolute atomic E-state index is 0.230. The first kappa shape index (κ1) is 12.0. The molecule has 0 atom stereocenters. The van der Waals surface area contributed by atoms with Crippen molar-refractivity contribution in [3.8, 4) is 5.75 Å². The molecule has 1 saturated heterocycles. The van der Waals surface area contributed by atoms with Gasteiger partial charge in [-0.15, -0.1) is 0 Å². The molecule has 4 nitrogen and oxygen atoms in total. The summed E-state index contributed by atoms with van der Waals surface area (Å²) in [6.45, 7) is 4.36. The first-order chi connectivity index (χ1) is 8.38. The highest BCUT2D eigenvalue weighted by Crippen LogP contribution is 2.13. The van der Waals surface area contributed by atoms with Crippen LogP contribution < -0.4 is 4.74 Å². The maximum Gasteiger partial charge on any atom is 0.119 e. The van der Waals surface area contributed by atoms with Gasteiger partial charge < -0.3 is 4.74 Å². The van der Waals surface area contributed by atoms with Crippen LogP contribution in [0.1, 0.15) is 18.4 Å². The smallest absolute Gasteiger partial charge is 0.119 e. The molecule has 0 bridgehead atoms. The van der Waals surface area contributed by atoms with Crippen molar-refractivity contribution >= 4 is 0 Å². The molecule has 1 aromatic carbocycles. The Bertz CT molecular complexity index is 345. The van der Waals surface area contributed by atoms with E-state index in [-0.39, 0.29) is 6.54 Å². The second-order valence-electron chi connectivity index (χ2n) is 4.33. The molecular weight excluding hydrogens is 216 g/mol. The van der Waals surface area contributed by atoms with Gasteiger partial charge in [-0.25, -0.2) is 0 Å². The highest BCUT2D eigenvalue weighted by Gasteiger charge is 2.10. The van der Waals surface area contributed by atoms with Crippen LogP contribution in [0.15, 0.2) is 29.4 Å². The highest BCUT2D eigenvalue weighted by molar-refractivity contribution is 5.27. The van der Waals surface area contributed by atoms with Crippen LogP contribution >= 0.6 is 0 Å². The number of benzene rings is 1. The van der Waals surface area contributed by atoms with Crippen LogP contribution in [0, 0.1) is 4.91 Å². The van der Waals surface area contributed by atoms with E-state index in [9.17, 15) is 4.91 Å². The first-order valence-corrected chi connectivity index (χ1v) is 6.12. The average molecular weight is 234 g/mol. The number of rotatable bonds is 6. The molecule has 1 fully saturated rings. The standard InChI is InChI=1S/C13H18N2O2/c16-14-11-12-3-5-13(6-4-12)17-10-9-15-7-1-2-8-15/h3-6H,1-2,7-11H2. The van der Waals surface area contributed by atoms with Gasteiger partial charge in [0.25, 0.3) is 0 Å². The van der Waals surface area contributed by atoms with E-state index in [2.05, 4.69) is 10.1 Å². The Morgan fingerprint density at radius 2 is 1.88 bits per heavy atom. The summed E-state index contributed by atoms with van der Waals surface area (Å²) in [5, 5.41) is 2.85. The first-order valence-electron chi connectivity index (χ1n) is 6.12. The fourth-order valence-electron chi connectivity index (χ4n) is 2.06. The van der Waals surface area contributed by atoms with Crippen LogP contribution in [0.4, 0.5) is 0 Å². The fraction of sp³-hybridized carbons (Fsp3) is 0.538. The Balaban J connectivity index is 1.72. The molecule has 1 aliphatic heterocycles. The third-order valence-corrected chi connectivity index (χ3v) is 3.05. The van der Waals surface area contributed by atoms with E-state index in [1.54, 1.807) is 0 Å². The second-order valence-corrected chi connectivity index (χ2v) is 4.33. The molecule has 0 aliphatic carbocycles. The Labute approximate surface area is 102 Å². The zero-order valence-corrected chi connectivity index (χ0v) is 9.97. The van der Waals surface area contributed by atoms with Crippen molar-refractivity contribution in [2.24, 2.45) is 5.18 Å². The van der Waals surface area contributed by atoms with Crippen molar-refractivity contribution in [1.29, 1.82) is 0 Å². The van der Waals surface area contributed by atoms with Crippen LogP contribution in [0.25, 0.3) is 0 Å². The second kappa shape index (κ2) is 6.35. The molecule has 1 heterocycles. The number of nitrogens with zero attached hydrogens (tertiary/aromatic N) is 2. The lowest BCUT2D eigenvalue weighted by Crippen LogP contribution is -2.25. The number of nitroso groups, excluding NO2 is 1. The number of likely N-dealkylation sites (tertiary alicyclic amines) is 1. The van der Waals surface area contributed by atoms with Crippen molar-refractivity contribution in [2.75, 3.05) is 26.2 Å². The molecule has 0 saturated carbocycles. The van der Waals surface area contributed by atoms with Gasteiger partial charge >= 0.3 is 0 Å². The van der Waals surface area contributed by atoms with Gasteiger partial charge in [-0.1, -0.05) is 17.3 Å². The lowest BCUT2D eigenvalue weighted by Gasteiger charge is -2.14. The highest BCUT2D eigenvalue weighted by atomic mass is 16.5. The predicted molar refractivity (Wildman–Crippen MR) is 67.1 cm³/mol. The average Bonchev–Trinajstić information content (AvgIpc) is 2.85.